The highest BCUT2D eigenvalue weighted by atomic mass is 16.5. The van der Waals surface area contributed by atoms with E-state index in [0.717, 1.165) is 31.5 Å². The number of carbonyl (C=O) groups is 1. The number of aliphatic hydroxyl groups is 1. The van der Waals surface area contributed by atoms with Crippen LogP contribution < -0.4 is 15.1 Å². The van der Waals surface area contributed by atoms with Gasteiger partial charge in [-0.3, -0.25) is 9.48 Å². The Bertz CT molecular complexity index is 1400. The Labute approximate surface area is 212 Å². The number of amides is 1. The van der Waals surface area contributed by atoms with Gasteiger partial charge in [-0.15, -0.1) is 0 Å². The van der Waals surface area contributed by atoms with Crippen LogP contribution in [-0.2, 0) is 11.3 Å². The van der Waals surface area contributed by atoms with Gasteiger partial charge >= 0.3 is 0 Å². The molecule has 0 bridgehead atoms. The zero-order valence-corrected chi connectivity index (χ0v) is 20.3. The monoisotopic (exact) mass is 504 g/mol. The van der Waals surface area contributed by atoms with Crippen molar-refractivity contribution in [2.24, 2.45) is 0 Å². The highest BCUT2D eigenvalue weighted by molar-refractivity contribution is 6.05. The van der Waals surface area contributed by atoms with Crippen molar-refractivity contribution >= 4 is 34.7 Å². The summed E-state index contributed by atoms with van der Waals surface area (Å²) in [5.74, 6) is 0.334. The van der Waals surface area contributed by atoms with E-state index < -0.39 is 0 Å². The highest BCUT2D eigenvalue weighted by Crippen LogP contribution is 2.33. The first-order valence-electron chi connectivity index (χ1n) is 12.5. The Morgan fingerprint density at radius 1 is 1.05 bits per heavy atom. The first-order chi connectivity index (χ1) is 18.2. The largest absolute Gasteiger partial charge is 0.422 e. The number of aliphatic hydroxyl groups excluding tert-OH is 1. The minimum Gasteiger partial charge on any atom is -0.422 e. The molecule has 0 atom stereocenters. The molecule has 0 spiro atoms. The number of aromatic nitrogens is 5. The smallest absolute Gasteiger partial charge is 0.300 e. The third-order valence-corrected chi connectivity index (χ3v) is 6.53. The second-order valence-corrected chi connectivity index (χ2v) is 9.05. The van der Waals surface area contributed by atoms with Gasteiger partial charge < -0.3 is 29.4 Å². The van der Waals surface area contributed by atoms with E-state index in [0.29, 0.717) is 67.3 Å². The molecule has 12 nitrogen and oxygen atoms in total. The molecule has 192 valence electrons. The van der Waals surface area contributed by atoms with E-state index in [1.807, 2.05) is 11.0 Å². The molecule has 0 radical (unpaired) electrons. The number of pyridine rings is 2. The third kappa shape index (κ3) is 4.85. The van der Waals surface area contributed by atoms with E-state index in [2.05, 4.69) is 25.3 Å². The predicted octanol–water partition coefficient (Wildman–Crippen LogP) is 2.16. The van der Waals surface area contributed by atoms with Gasteiger partial charge in [0.05, 0.1) is 43.9 Å². The van der Waals surface area contributed by atoms with E-state index in [4.69, 9.17) is 19.2 Å². The van der Waals surface area contributed by atoms with Crippen LogP contribution >= 0.6 is 0 Å². The van der Waals surface area contributed by atoms with Crippen molar-refractivity contribution in [1.29, 1.82) is 0 Å². The Morgan fingerprint density at radius 3 is 2.70 bits per heavy atom. The van der Waals surface area contributed by atoms with Crippen LogP contribution in [0.15, 0.2) is 41.1 Å². The quantitative estimate of drug-likeness (QED) is 0.385. The van der Waals surface area contributed by atoms with Crippen molar-refractivity contribution in [3.05, 3.63) is 42.4 Å². The number of hydrogen-bond acceptors (Lipinski definition) is 10. The minimum absolute atomic E-state index is 0.00610. The lowest BCUT2D eigenvalue weighted by Gasteiger charge is -2.24. The number of anilines is 3. The van der Waals surface area contributed by atoms with E-state index in [1.54, 1.807) is 35.3 Å². The zero-order valence-electron chi connectivity index (χ0n) is 20.3. The summed E-state index contributed by atoms with van der Waals surface area (Å²) < 4.78 is 13.1. The number of hydrogen-bond donors (Lipinski definition) is 2. The lowest BCUT2D eigenvalue weighted by molar-refractivity contribution is 0.102. The summed E-state index contributed by atoms with van der Waals surface area (Å²) in [7, 11) is 0. The van der Waals surface area contributed by atoms with Gasteiger partial charge in [0.2, 0.25) is 5.65 Å². The fourth-order valence-electron chi connectivity index (χ4n) is 4.62. The molecular weight excluding hydrogens is 476 g/mol. The average Bonchev–Trinajstić information content (AvgIpc) is 3.70. The summed E-state index contributed by atoms with van der Waals surface area (Å²) in [6.45, 7) is 4.77. The second kappa shape index (κ2) is 10.1. The van der Waals surface area contributed by atoms with Crippen molar-refractivity contribution in [1.82, 2.24) is 24.7 Å². The van der Waals surface area contributed by atoms with Crippen molar-refractivity contribution in [2.75, 3.05) is 61.1 Å². The normalized spacial score (nSPS) is 16.0. The molecule has 4 aromatic rings. The van der Waals surface area contributed by atoms with Gasteiger partial charge in [-0.25, -0.2) is 9.97 Å². The van der Waals surface area contributed by atoms with Crippen molar-refractivity contribution in [2.45, 2.75) is 19.4 Å². The first kappa shape index (κ1) is 23.4. The van der Waals surface area contributed by atoms with E-state index in [1.165, 1.54) is 0 Å². The van der Waals surface area contributed by atoms with Gasteiger partial charge in [0.15, 0.2) is 11.4 Å². The number of fused-ring (bicyclic) bond motifs is 1. The Morgan fingerprint density at radius 2 is 1.89 bits per heavy atom. The zero-order chi connectivity index (χ0) is 25.2. The number of nitrogens with one attached hydrogen (secondary N) is 1. The highest BCUT2D eigenvalue weighted by Gasteiger charge is 2.24. The molecule has 0 saturated carbocycles. The van der Waals surface area contributed by atoms with Gasteiger partial charge in [-0.05, 0) is 25.0 Å². The molecule has 2 aliphatic rings. The van der Waals surface area contributed by atoms with Gasteiger partial charge in [0.1, 0.15) is 5.69 Å². The SMILES string of the molecule is O=C(Nc1cc2oc(N3CCOCC3)nc2nc1N1CCCC1)c1cccc(-c2cnn(CCO)c2)n1. The van der Waals surface area contributed by atoms with Crippen LogP contribution in [0.3, 0.4) is 0 Å². The van der Waals surface area contributed by atoms with Crippen LogP contribution in [-0.4, -0.2) is 81.7 Å². The number of oxazole rings is 1. The van der Waals surface area contributed by atoms with Crippen LogP contribution in [0.2, 0.25) is 0 Å². The molecule has 0 aliphatic carbocycles. The number of morpholine rings is 1. The van der Waals surface area contributed by atoms with Crippen LogP contribution in [0.4, 0.5) is 17.5 Å². The minimum atomic E-state index is -0.348. The third-order valence-electron chi connectivity index (χ3n) is 6.53. The van der Waals surface area contributed by atoms with Crippen LogP contribution in [0.25, 0.3) is 22.5 Å². The molecule has 2 fully saturated rings. The molecule has 37 heavy (non-hydrogen) atoms. The molecule has 4 aromatic heterocycles. The van der Waals surface area contributed by atoms with Crippen molar-refractivity contribution < 1.29 is 19.1 Å². The van der Waals surface area contributed by atoms with Gasteiger partial charge in [0, 0.05) is 44.0 Å². The lowest BCUT2D eigenvalue weighted by Crippen LogP contribution is -2.36. The lowest BCUT2D eigenvalue weighted by atomic mass is 10.2. The summed E-state index contributed by atoms with van der Waals surface area (Å²) >= 11 is 0. The van der Waals surface area contributed by atoms with Gasteiger partial charge in [-0.1, -0.05) is 6.07 Å². The number of carbonyl (C=O) groups excluding carboxylic acids is 1. The molecule has 1 amide bonds. The van der Waals surface area contributed by atoms with E-state index >= 15 is 0 Å². The Hall–Kier alpha value is -4.03. The van der Waals surface area contributed by atoms with Gasteiger partial charge in [-0.2, -0.15) is 10.1 Å². The molecule has 0 aromatic carbocycles. The van der Waals surface area contributed by atoms with Gasteiger partial charge in [0.25, 0.3) is 11.9 Å². The predicted molar refractivity (Wildman–Crippen MR) is 137 cm³/mol. The average molecular weight is 505 g/mol. The fraction of sp³-hybridized carbons (Fsp3) is 0.400. The van der Waals surface area contributed by atoms with E-state index in [-0.39, 0.29) is 18.2 Å². The first-order valence-corrected chi connectivity index (χ1v) is 12.5. The topological polar surface area (TPSA) is 135 Å². The molecule has 6 rings (SSSR count). The molecule has 2 saturated heterocycles. The number of ether oxygens (including phenoxy) is 1. The Balaban J connectivity index is 1.30. The van der Waals surface area contributed by atoms with Crippen molar-refractivity contribution in [3.63, 3.8) is 0 Å². The standard InChI is InChI=1S/C25H28N8O4/c34-11-8-33-16-17(15-26-33)18-4-3-5-19(27-18)24(35)28-20-14-21-22(29-23(20)31-6-1-2-7-31)30-25(37-21)32-9-12-36-13-10-32/h3-5,14-16,34H,1-2,6-13H2,(H,28,35). The maximum absolute atomic E-state index is 13.3. The molecule has 12 heteroatoms. The maximum Gasteiger partial charge on any atom is 0.300 e. The summed E-state index contributed by atoms with van der Waals surface area (Å²) in [5, 5.41) is 16.4. The van der Waals surface area contributed by atoms with Crippen LogP contribution in [0.5, 0.6) is 0 Å². The summed E-state index contributed by atoms with van der Waals surface area (Å²) in [5.41, 5.74) is 3.24. The molecule has 0 unspecified atom stereocenters. The fourth-order valence-corrected chi connectivity index (χ4v) is 4.62. The van der Waals surface area contributed by atoms with Crippen molar-refractivity contribution in [3.8, 4) is 11.3 Å². The second-order valence-electron chi connectivity index (χ2n) is 9.05. The summed E-state index contributed by atoms with van der Waals surface area (Å²) in [6, 6.07) is 7.59. The van der Waals surface area contributed by atoms with Crippen LogP contribution in [0, 0.1) is 0 Å². The summed E-state index contributed by atoms with van der Waals surface area (Å²) in [4.78, 5) is 31.5. The molecular formula is C25H28N8O4. The Kier molecular flexibility index (Phi) is 6.41. The molecule has 2 aliphatic heterocycles. The maximum atomic E-state index is 13.3. The molecule has 6 heterocycles. The number of rotatable bonds is 7. The molecule has 2 N–H and O–H groups in total. The van der Waals surface area contributed by atoms with E-state index in [9.17, 15) is 4.79 Å². The number of nitrogens with zero attached hydrogens (tertiary/aromatic N) is 7. The van der Waals surface area contributed by atoms with Crippen LogP contribution in [0.1, 0.15) is 23.3 Å². The summed E-state index contributed by atoms with van der Waals surface area (Å²) in [6.07, 6.45) is 5.59.